The van der Waals surface area contributed by atoms with Gasteiger partial charge in [-0.25, -0.2) is 0 Å². The van der Waals surface area contributed by atoms with E-state index in [2.05, 4.69) is 22.1 Å². The molecule has 0 saturated carbocycles. The molecule has 2 atom stereocenters. The second-order valence-electron chi connectivity index (χ2n) is 4.76. The highest BCUT2D eigenvalue weighted by atomic mass is 16.3. The normalized spacial score (nSPS) is 23.8. The second-order valence-corrected chi connectivity index (χ2v) is 4.76. The van der Waals surface area contributed by atoms with Crippen LogP contribution in [0.3, 0.4) is 0 Å². The van der Waals surface area contributed by atoms with Crippen molar-refractivity contribution in [1.82, 2.24) is 10.3 Å². The van der Waals surface area contributed by atoms with Gasteiger partial charge < -0.3 is 15.3 Å². The fourth-order valence-corrected chi connectivity index (χ4v) is 2.15. The highest BCUT2D eigenvalue weighted by Crippen LogP contribution is 2.23. The van der Waals surface area contributed by atoms with E-state index in [9.17, 15) is 9.90 Å². The van der Waals surface area contributed by atoms with Crippen LogP contribution < -0.4 is 10.2 Å². The van der Waals surface area contributed by atoms with Crippen LogP contribution in [0.25, 0.3) is 0 Å². The molecule has 0 radical (unpaired) electrons. The van der Waals surface area contributed by atoms with Gasteiger partial charge in [-0.15, -0.1) is 0 Å². The number of aliphatic hydroxyl groups is 1. The number of piperidine rings is 1. The quantitative estimate of drug-likeness (QED) is 0.807. The zero-order valence-corrected chi connectivity index (χ0v) is 10.8. The van der Waals surface area contributed by atoms with Crippen LogP contribution >= 0.6 is 0 Å². The summed E-state index contributed by atoms with van der Waals surface area (Å²) in [5.41, 5.74) is 1.35. The topological polar surface area (TPSA) is 65.5 Å². The largest absolute Gasteiger partial charge is 0.391 e. The first-order valence-electron chi connectivity index (χ1n) is 6.23. The number of hydrogen-bond donors (Lipinski definition) is 2. The molecule has 1 aromatic heterocycles. The van der Waals surface area contributed by atoms with Crippen LogP contribution in [0.1, 0.15) is 23.8 Å². The van der Waals surface area contributed by atoms with Crippen LogP contribution in [-0.2, 0) is 0 Å². The molecule has 1 amide bonds. The Morgan fingerprint density at radius 2 is 2.39 bits per heavy atom. The molecule has 0 aliphatic carbocycles. The highest BCUT2D eigenvalue weighted by Gasteiger charge is 2.24. The maximum atomic E-state index is 11.5. The van der Waals surface area contributed by atoms with E-state index in [-0.39, 0.29) is 12.0 Å². The Labute approximate surface area is 107 Å². The van der Waals surface area contributed by atoms with Crippen molar-refractivity contribution in [3.63, 3.8) is 0 Å². The van der Waals surface area contributed by atoms with Crippen LogP contribution in [0.15, 0.2) is 18.3 Å². The molecule has 2 N–H and O–H groups in total. The minimum atomic E-state index is -0.310. The van der Waals surface area contributed by atoms with Crippen LogP contribution in [0, 0.1) is 5.92 Å². The van der Waals surface area contributed by atoms with Gasteiger partial charge in [0.05, 0.1) is 6.10 Å². The molecule has 5 nitrogen and oxygen atoms in total. The lowest BCUT2D eigenvalue weighted by Gasteiger charge is -2.35. The van der Waals surface area contributed by atoms with E-state index in [1.807, 2.05) is 6.07 Å². The zero-order valence-electron chi connectivity index (χ0n) is 10.8. The third kappa shape index (κ3) is 2.61. The zero-order chi connectivity index (χ0) is 13.1. The molecule has 5 heteroatoms. The number of aliphatic hydroxyl groups excluding tert-OH is 1. The average Bonchev–Trinajstić information content (AvgIpc) is 2.41. The third-order valence-electron chi connectivity index (χ3n) is 3.49. The van der Waals surface area contributed by atoms with Gasteiger partial charge in [-0.05, 0) is 24.5 Å². The van der Waals surface area contributed by atoms with Crippen molar-refractivity contribution in [2.75, 3.05) is 25.0 Å². The molecule has 0 aromatic carbocycles. The Bertz CT molecular complexity index is 436. The lowest BCUT2D eigenvalue weighted by atomic mass is 9.96. The summed E-state index contributed by atoms with van der Waals surface area (Å²) in [6.45, 7) is 3.57. The van der Waals surface area contributed by atoms with E-state index in [4.69, 9.17) is 0 Å². The molecule has 1 aliphatic rings. The van der Waals surface area contributed by atoms with Gasteiger partial charge >= 0.3 is 0 Å². The molecule has 98 valence electrons. The molecule has 2 heterocycles. The predicted molar refractivity (Wildman–Crippen MR) is 69.6 cm³/mol. The number of amides is 1. The van der Waals surface area contributed by atoms with Crippen LogP contribution in [0.2, 0.25) is 0 Å². The number of carbonyl (C=O) groups is 1. The number of aromatic nitrogens is 1. The van der Waals surface area contributed by atoms with Crippen molar-refractivity contribution in [3.8, 4) is 0 Å². The van der Waals surface area contributed by atoms with Crippen molar-refractivity contribution < 1.29 is 9.90 Å². The molecule has 1 aromatic rings. The Morgan fingerprint density at radius 3 is 3.06 bits per heavy atom. The number of anilines is 1. The first-order chi connectivity index (χ1) is 8.61. The predicted octanol–water partition coefficient (Wildman–Crippen LogP) is 0.648. The van der Waals surface area contributed by atoms with Crippen molar-refractivity contribution in [2.45, 2.75) is 19.4 Å². The SMILES string of the molecule is CNC(=O)c1cc(N2CCC(C)C(O)C2)ccn1. The summed E-state index contributed by atoms with van der Waals surface area (Å²) >= 11 is 0. The molecule has 1 saturated heterocycles. The highest BCUT2D eigenvalue weighted by molar-refractivity contribution is 5.92. The molecule has 0 bridgehead atoms. The lowest BCUT2D eigenvalue weighted by molar-refractivity contribution is 0.0958. The smallest absolute Gasteiger partial charge is 0.269 e. The van der Waals surface area contributed by atoms with E-state index in [0.717, 1.165) is 18.7 Å². The minimum Gasteiger partial charge on any atom is -0.391 e. The Kier molecular flexibility index (Phi) is 3.81. The fraction of sp³-hybridized carbons (Fsp3) is 0.538. The first-order valence-corrected chi connectivity index (χ1v) is 6.23. The summed E-state index contributed by atoms with van der Waals surface area (Å²) in [7, 11) is 1.59. The van der Waals surface area contributed by atoms with Gasteiger partial charge in [-0.1, -0.05) is 6.92 Å². The van der Waals surface area contributed by atoms with Crippen molar-refractivity contribution in [3.05, 3.63) is 24.0 Å². The lowest BCUT2D eigenvalue weighted by Crippen LogP contribution is -2.43. The summed E-state index contributed by atoms with van der Waals surface area (Å²) in [6.07, 6.45) is 2.28. The second kappa shape index (κ2) is 5.35. The Balaban J connectivity index is 2.16. The number of nitrogens with zero attached hydrogens (tertiary/aromatic N) is 2. The van der Waals surface area contributed by atoms with E-state index in [0.29, 0.717) is 18.2 Å². The maximum absolute atomic E-state index is 11.5. The molecule has 2 rings (SSSR count). The van der Waals surface area contributed by atoms with Gasteiger partial charge in [0.1, 0.15) is 5.69 Å². The molecule has 2 unspecified atom stereocenters. The summed E-state index contributed by atoms with van der Waals surface area (Å²) in [5, 5.41) is 12.5. The Morgan fingerprint density at radius 1 is 1.61 bits per heavy atom. The van der Waals surface area contributed by atoms with Gasteiger partial charge in [-0.3, -0.25) is 9.78 Å². The molecule has 1 fully saturated rings. The number of nitrogens with one attached hydrogen (secondary N) is 1. The third-order valence-corrected chi connectivity index (χ3v) is 3.49. The van der Waals surface area contributed by atoms with Crippen LogP contribution in [0.4, 0.5) is 5.69 Å². The van der Waals surface area contributed by atoms with Gasteiger partial charge in [0.25, 0.3) is 5.91 Å². The molecule has 18 heavy (non-hydrogen) atoms. The average molecular weight is 249 g/mol. The summed E-state index contributed by atoms with van der Waals surface area (Å²) in [6, 6.07) is 3.64. The number of hydrogen-bond acceptors (Lipinski definition) is 4. The maximum Gasteiger partial charge on any atom is 0.269 e. The van der Waals surface area contributed by atoms with Crippen molar-refractivity contribution >= 4 is 11.6 Å². The summed E-state index contributed by atoms with van der Waals surface area (Å²) in [4.78, 5) is 17.7. The van der Waals surface area contributed by atoms with Crippen LogP contribution in [-0.4, -0.2) is 42.2 Å². The molecule has 0 spiro atoms. The van der Waals surface area contributed by atoms with Crippen LogP contribution in [0.5, 0.6) is 0 Å². The van der Waals surface area contributed by atoms with Crippen molar-refractivity contribution in [2.24, 2.45) is 5.92 Å². The molecule has 1 aliphatic heterocycles. The number of carbonyl (C=O) groups excluding carboxylic acids is 1. The molecular weight excluding hydrogens is 230 g/mol. The summed E-state index contributed by atoms with van der Waals surface area (Å²) < 4.78 is 0. The molecular formula is C13H19N3O2. The minimum absolute atomic E-state index is 0.192. The Hall–Kier alpha value is -1.62. The van der Waals surface area contributed by atoms with Gasteiger partial charge in [0.2, 0.25) is 0 Å². The van der Waals surface area contributed by atoms with Gasteiger partial charge in [0, 0.05) is 32.0 Å². The van der Waals surface area contributed by atoms with Crippen molar-refractivity contribution in [1.29, 1.82) is 0 Å². The number of β-amino-alcohol motifs (C(OH)–C–C–N with tert-alkyl or cyclic N) is 1. The summed E-state index contributed by atoms with van der Waals surface area (Å²) in [5.74, 6) is 0.143. The van der Waals surface area contributed by atoms with E-state index < -0.39 is 0 Å². The van der Waals surface area contributed by atoms with Gasteiger partial charge in [0.15, 0.2) is 0 Å². The fourth-order valence-electron chi connectivity index (χ4n) is 2.15. The van der Waals surface area contributed by atoms with E-state index >= 15 is 0 Å². The van der Waals surface area contributed by atoms with E-state index in [1.165, 1.54) is 0 Å². The van der Waals surface area contributed by atoms with E-state index in [1.54, 1.807) is 19.3 Å². The first kappa shape index (κ1) is 12.8. The standard InChI is InChI=1S/C13H19N3O2/c1-9-4-6-16(8-12(9)17)10-3-5-15-11(7-10)13(18)14-2/h3,5,7,9,12,17H,4,6,8H2,1-2H3,(H,14,18). The van der Waals surface area contributed by atoms with Gasteiger partial charge in [-0.2, -0.15) is 0 Å². The monoisotopic (exact) mass is 249 g/mol. The number of rotatable bonds is 2. The number of pyridine rings is 1.